The van der Waals surface area contributed by atoms with Crippen LogP contribution in [0.15, 0.2) is 111 Å². The van der Waals surface area contributed by atoms with Crippen molar-refractivity contribution in [3.63, 3.8) is 0 Å². The maximum absolute atomic E-state index is 13.0. The van der Waals surface area contributed by atoms with E-state index in [1.54, 1.807) is 30.3 Å². The fourth-order valence-corrected chi connectivity index (χ4v) is 7.54. The fraction of sp³-hybridized carbons (Fsp3) is 0. The van der Waals surface area contributed by atoms with Gasteiger partial charge in [-0.2, -0.15) is 0 Å². The minimum absolute atomic E-state index is 0.00694. The van der Waals surface area contributed by atoms with Crippen LogP contribution >= 0.6 is 23.2 Å². The third-order valence-corrected chi connectivity index (χ3v) is 10.1. The SMILES string of the molecule is O=C1C(=CC=C(C=CC2=C(O)c3cc(Cl)ccc3S2(=O)=O)c2ccccc2)S(=O)(=O)c2ccc(Cl)cc21. The molecule has 2 aliphatic rings. The van der Waals surface area contributed by atoms with Gasteiger partial charge in [0.25, 0.3) is 0 Å². The van der Waals surface area contributed by atoms with Crippen molar-refractivity contribution in [1.82, 2.24) is 0 Å². The lowest BCUT2D eigenvalue weighted by atomic mass is 10.0. The Morgan fingerprint density at radius 1 is 0.784 bits per heavy atom. The van der Waals surface area contributed by atoms with Crippen molar-refractivity contribution in [3.05, 3.63) is 128 Å². The summed E-state index contributed by atoms with van der Waals surface area (Å²) >= 11 is 11.9. The molecule has 0 aromatic heterocycles. The van der Waals surface area contributed by atoms with Crippen molar-refractivity contribution in [1.29, 1.82) is 0 Å². The number of hydrogen-bond acceptors (Lipinski definition) is 6. The van der Waals surface area contributed by atoms with Crippen LogP contribution in [0.25, 0.3) is 11.3 Å². The standard InChI is InChI=1S/C27H16Cl2O6S2/c28-18-8-12-22-20(14-18)26(30)24(36(22,32)33)10-6-17(16-4-2-1-3-5-16)7-11-25-27(31)21-15-19(29)9-13-23(21)37(25,34)35/h1-15,30H. The highest BCUT2D eigenvalue weighted by atomic mass is 35.5. The second kappa shape index (κ2) is 9.15. The minimum Gasteiger partial charge on any atom is -0.506 e. The van der Waals surface area contributed by atoms with Crippen LogP contribution in [0, 0.1) is 0 Å². The Hall–Kier alpha value is -3.43. The minimum atomic E-state index is -4.06. The van der Waals surface area contributed by atoms with E-state index in [9.17, 15) is 26.7 Å². The number of aliphatic hydroxyl groups is 1. The summed E-state index contributed by atoms with van der Waals surface area (Å²) in [7, 11) is -8.07. The first-order valence-electron chi connectivity index (χ1n) is 10.7. The van der Waals surface area contributed by atoms with E-state index in [0.717, 1.165) is 0 Å². The topological polar surface area (TPSA) is 106 Å². The number of fused-ring (bicyclic) bond motifs is 2. The summed E-state index contributed by atoms with van der Waals surface area (Å²) in [5.74, 6) is -1.13. The summed E-state index contributed by atoms with van der Waals surface area (Å²) in [6, 6.07) is 16.9. The number of sulfone groups is 2. The number of carbonyl (C=O) groups is 1. The second-order valence-corrected chi connectivity index (χ2v) is 12.8. The molecule has 0 bridgehead atoms. The Balaban J connectivity index is 1.61. The third-order valence-electron chi connectivity index (χ3n) is 5.93. The largest absolute Gasteiger partial charge is 0.506 e. The molecule has 0 amide bonds. The first-order valence-corrected chi connectivity index (χ1v) is 14.5. The molecule has 0 radical (unpaired) electrons. The number of ketones is 1. The van der Waals surface area contributed by atoms with Gasteiger partial charge in [0.2, 0.25) is 25.5 Å². The predicted octanol–water partition coefficient (Wildman–Crippen LogP) is 6.20. The molecule has 0 atom stereocenters. The highest BCUT2D eigenvalue weighted by molar-refractivity contribution is 7.97. The van der Waals surface area contributed by atoms with Crippen molar-refractivity contribution in [3.8, 4) is 0 Å². The zero-order valence-electron chi connectivity index (χ0n) is 18.7. The van der Waals surface area contributed by atoms with Crippen LogP contribution < -0.4 is 0 Å². The van der Waals surface area contributed by atoms with E-state index >= 15 is 0 Å². The number of Topliss-reactive ketones (excluding diaryl/α,β-unsaturated/α-hetero) is 1. The van der Waals surface area contributed by atoms with Gasteiger partial charge in [-0.3, -0.25) is 4.79 Å². The summed E-state index contributed by atoms with van der Waals surface area (Å²) in [5, 5.41) is 11.1. The molecule has 186 valence electrons. The molecular formula is C27H16Cl2O6S2. The Labute approximate surface area is 223 Å². The molecule has 0 aliphatic carbocycles. The molecule has 0 unspecified atom stereocenters. The number of carbonyl (C=O) groups excluding carboxylic acids is 1. The Bertz CT molecular complexity index is 1830. The van der Waals surface area contributed by atoms with Gasteiger partial charge in [0.05, 0.1) is 9.79 Å². The number of aliphatic hydroxyl groups excluding tert-OH is 1. The molecule has 0 saturated carbocycles. The molecule has 37 heavy (non-hydrogen) atoms. The Morgan fingerprint density at radius 3 is 2.03 bits per heavy atom. The summed E-state index contributed by atoms with van der Waals surface area (Å²) in [6.07, 6.45) is 5.26. The van der Waals surface area contributed by atoms with Gasteiger partial charge >= 0.3 is 0 Å². The molecular weight excluding hydrogens is 555 g/mol. The lowest BCUT2D eigenvalue weighted by Gasteiger charge is -2.03. The zero-order valence-corrected chi connectivity index (χ0v) is 21.9. The highest BCUT2D eigenvalue weighted by Crippen LogP contribution is 2.40. The van der Waals surface area contributed by atoms with Gasteiger partial charge < -0.3 is 5.11 Å². The predicted molar refractivity (Wildman–Crippen MR) is 143 cm³/mol. The molecule has 10 heteroatoms. The molecule has 6 nitrogen and oxygen atoms in total. The highest BCUT2D eigenvalue weighted by Gasteiger charge is 2.39. The van der Waals surface area contributed by atoms with E-state index in [-0.39, 0.29) is 35.9 Å². The van der Waals surface area contributed by atoms with E-state index in [0.29, 0.717) is 11.1 Å². The van der Waals surface area contributed by atoms with Crippen molar-refractivity contribution in [2.75, 3.05) is 0 Å². The van der Waals surface area contributed by atoms with Crippen molar-refractivity contribution < 1.29 is 26.7 Å². The molecule has 2 heterocycles. The zero-order chi connectivity index (χ0) is 26.5. The van der Waals surface area contributed by atoms with E-state index < -0.39 is 36.1 Å². The van der Waals surface area contributed by atoms with Crippen LogP contribution in [0.1, 0.15) is 21.5 Å². The molecule has 3 aromatic carbocycles. The quantitative estimate of drug-likeness (QED) is 0.295. The average molecular weight is 571 g/mol. The fourth-order valence-electron chi connectivity index (χ4n) is 4.13. The van der Waals surface area contributed by atoms with Gasteiger partial charge in [0.15, 0.2) is 0 Å². The molecule has 5 rings (SSSR count). The molecule has 0 fully saturated rings. The maximum Gasteiger partial charge on any atom is 0.211 e. The summed E-state index contributed by atoms with van der Waals surface area (Å²) in [5.41, 5.74) is 1.11. The van der Waals surface area contributed by atoms with Gasteiger partial charge in [-0.25, -0.2) is 16.8 Å². The maximum atomic E-state index is 13.0. The van der Waals surface area contributed by atoms with Gasteiger partial charge in [-0.15, -0.1) is 0 Å². The smallest absolute Gasteiger partial charge is 0.211 e. The first-order chi connectivity index (χ1) is 17.5. The number of hydrogen-bond donors (Lipinski definition) is 1. The molecule has 3 aromatic rings. The Morgan fingerprint density at radius 2 is 1.38 bits per heavy atom. The van der Waals surface area contributed by atoms with E-state index in [2.05, 4.69) is 0 Å². The molecule has 0 spiro atoms. The normalized spacial score (nSPS) is 19.0. The third kappa shape index (κ3) is 4.26. The number of halogens is 2. The lowest BCUT2D eigenvalue weighted by Crippen LogP contribution is -2.01. The summed E-state index contributed by atoms with van der Waals surface area (Å²) < 4.78 is 52.0. The Kier molecular flexibility index (Phi) is 6.24. The average Bonchev–Trinajstić information content (AvgIpc) is 3.16. The van der Waals surface area contributed by atoms with Crippen molar-refractivity contribution in [2.24, 2.45) is 0 Å². The number of allylic oxidation sites excluding steroid dienone is 6. The van der Waals surface area contributed by atoms with Crippen LogP contribution in [-0.2, 0) is 19.7 Å². The lowest BCUT2D eigenvalue weighted by molar-refractivity contribution is 0.104. The number of benzene rings is 3. The summed E-state index contributed by atoms with van der Waals surface area (Å²) in [4.78, 5) is 11.9. The monoisotopic (exact) mass is 570 g/mol. The summed E-state index contributed by atoms with van der Waals surface area (Å²) in [6.45, 7) is 0. The molecule has 0 saturated heterocycles. The van der Waals surface area contributed by atoms with Crippen molar-refractivity contribution in [2.45, 2.75) is 9.79 Å². The van der Waals surface area contributed by atoms with Gasteiger partial charge in [0.1, 0.15) is 15.6 Å². The number of rotatable bonds is 4. The van der Waals surface area contributed by atoms with Gasteiger partial charge in [0, 0.05) is 21.2 Å². The van der Waals surface area contributed by atoms with Crippen LogP contribution in [0.4, 0.5) is 0 Å². The van der Waals surface area contributed by atoms with Crippen molar-refractivity contribution >= 4 is 60.0 Å². The first kappa shape index (κ1) is 25.2. The van der Waals surface area contributed by atoms with Gasteiger partial charge in [-0.05, 0) is 59.7 Å². The van der Waals surface area contributed by atoms with E-state index in [4.69, 9.17) is 23.2 Å². The van der Waals surface area contributed by atoms with E-state index in [1.807, 2.05) is 0 Å². The van der Waals surface area contributed by atoms with Crippen LogP contribution in [0.2, 0.25) is 10.0 Å². The second-order valence-electron chi connectivity index (χ2n) is 8.18. The molecule has 2 aliphatic heterocycles. The molecule has 1 N–H and O–H groups in total. The van der Waals surface area contributed by atoms with Gasteiger partial charge in [-0.1, -0.05) is 65.7 Å². The van der Waals surface area contributed by atoms with E-state index in [1.165, 1.54) is 60.7 Å². The van der Waals surface area contributed by atoms with Crippen LogP contribution in [0.5, 0.6) is 0 Å². The van der Waals surface area contributed by atoms with Crippen LogP contribution in [0.3, 0.4) is 0 Å². The van der Waals surface area contributed by atoms with Crippen LogP contribution in [-0.4, -0.2) is 27.7 Å².